The molecular weight excluding hydrogens is 602 g/mol. The third kappa shape index (κ3) is 5.20. The van der Waals surface area contributed by atoms with E-state index in [-0.39, 0.29) is 30.7 Å². The summed E-state index contributed by atoms with van der Waals surface area (Å²) < 4.78 is 5.40. The van der Waals surface area contributed by atoms with Crippen LogP contribution in [0.1, 0.15) is 81.0 Å². The van der Waals surface area contributed by atoms with Gasteiger partial charge in [-0.15, -0.1) is 12.8 Å². The number of phenolic OH excluding ortho intramolecular Hbond substituents is 1. The molecule has 2 saturated heterocycles. The number of carbonyl (C=O) groups excluding carboxylic acids is 1. The largest absolute Gasteiger partial charge is 0.508 e. The standard InChI is InChI=1S/C19H28N2O2.C18H23NO3.C2H2.CH4/c1-20(2)14-6-7-19(23)17-10-13-4-5-15(22)11-16(13)18(19,12-14)8-9-21(17)3;1-19-8-7-17-11-13(20)5-6-18(17,21)16(19)9-12-3-4-14(22-2)10-15(12)17;1-2;/h4-5,11,14,17,22-23H,6-10,12H2,1-3H3;3-4,10,16,21H,5-9,11H2,1-2H3;1-2H;1H4/t14-,17-,18-,19-;16-,17-,18-;;/m11../s1. The Balaban J connectivity index is 0.000000175. The summed E-state index contributed by atoms with van der Waals surface area (Å²) >= 11 is 0. The minimum absolute atomic E-state index is 0. The number of piperidine rings is 2. The van der Waals surface area contributed by atoms with Gasteiger partial charge in [-0.1, -0.05) is 19.6 Å². The van der Waals surface area contributed by atoms with Crippen LogP contribution < -0.4 is 4.74 Å². The van der Waals surface area contributed by atoms with E-state index in [1.165, 1.54) is 16.7 Å². The highest BCUT2D eigenvalue weighted by Crippen LogP contribution is 2.59. The smallest absolute Gasteiger partial charge is 0.134 e. The molecule has 7 atom stereocenters. The average molecular weight is 660 g/mol. The number of methoxy groups -OCH3 is 1. The summed E-state index contributed by atoms with van der Waals surface area (Å²) in [6.07, 6.45) is 16.0. The van der Waals surface area contributed by atoms with Crippen molar-refractivity contribution in [2.24, 2.45) is 0 Å². The molecule has 4 bridgehead atoms. The van der Waals surface area contributed by atoms with Crippen molar-refractivity contribution >= 4 is 5.78 Å². The summed E-state index contributed by atoms with van der Waals surface area (Å²) in [6, 6.07) is 12.7. The molecule has 0 spiro atoms. The number of hydrogen-bond donors (Lipinski definition) is 3. The van der Waals surface area contributed by atoms with E-state index in [1.54, 1.807) is 13.2 Å². The third-order valence-electron chi connectivity index (χ3n) is 13.3. The van der Waals surface area contributed by atoms with Gasteiger partial charge in [0.25, 0.3) is 0 Å². The first-order valence-electron chi connectivity index (χ1n) is 17.2. The molecule has 8 rings (SSSR count). The van der Waals surface area contributed by atoms with E-state index in [9.17, 15) is 20.1 Å². The number of Topliss-reactive ketones (excluding diaryl/α,β-unsaturated/α-hetero) is 1. The summed E-state index contributed by atoms with van der Waals surface area (Å²) in [7, 11) is 10.2. The molecule has 8 heteroatoms. The Morgan fingerprint density at radius 2 is 1.42 bits per heavy atom. The summed E-state index contributed by atoms with van der Waals surface area (Å²) in [6.45, 7) is 1.94. The van der Waals surface area contributed by atoms with Crippen LogP contribution in [0, 0.1) is 12.8 Å². The van der Waals surface area contributed by atoms with Crippen molar-refractivity contribution < 1.29 is 24.9 Å². The van der Waals surface area contributed by atoms with Crippen LogP contribution in [0.3, 0.4) is 0 Å². The van der Waals surface area contributed by atoms with Crippen LogP contribution in [0.25, 0.3) is 0 Å². The number of likely N-dealkylation sites (tertiary alicyclic amines) is 2. The van der Waals surface area contributed by atoms with Gasteiger partial charge in [0.2, 0.25) is 0 Å². The molecule has 262 valence electrons. The van der Waals surface area contributed by atoms with E-state index >= 15 is 0 Å². The predicted octanol–water partition coefficient (Wildman–Crippen LogP) is 4.30. The van der Waals surface area contributed by atoms with Crippen molar-refractivity contribution in [1.29, 1.82) is 0 Å². The second-order valence-electron chi connectivity index (χ2n) is 15.4. The lowest BCUT2D eigenvalue weighted by Crippen LogP contribution is -2.73. The minimum Gasteiger partial charge on any atom is -0.508 e. The fourth-order valence-electron chi connectivity index (χ4n) is 10.8. The maximum Gasteiger partial charge on any atom is 0.134 e. The van der Waals surface area contributed by atoms with Gasteiger partial charge >= 0.3 is 0 Å². The maximum absolute atomic E-state index is 12.2. The van der Waals surface area contributed by atoms with Gasteiger partial charge < -0.3 is 34.8 Å². The molecule has 2 saturated carbocycles. The van der Waals surface area contributed by atoms with Crippen LogP contribution in [0.4, 0.5) is 0 Å². The zero-order chi connectivity index (χ0) is 33.9. The molecular formula is C40H57N3O5. The predicted molar refractivity (Wildman–Crippen MR) is 191 cm³/mol. The van der Waals surface area contributed by atoms with Crippen molar-refractivity contribution in [1.82, 2.24) is 14.7 Å². The molecule has 0 unspecified atom stereocenters. The Bertz CT molecular complexity index is 1540. The number of terminal acetylenes is 1. The van der Waals surface area contributed by atoms with Crippen LogP contribution in [-0.2, 0) is 28.5 Å². The Morgan fingerprint density at radius 3 is 2.02 bits per heavy atom. The van der Waals surface area contributed by atoms with Crippen LogP contribution in [0.15, 0.2) is 36.4 Å². The first-order chi connectivity index (χ1) is 22.4. The number of ether oxygens (including phenoxy) is 1. The molecule has 2 aliphatic heterocycles. The number of benzene rings is 2. The average Bonchev–Trinajstić information content (AvgIpc) is 3.06. The van der Waals surface area contributed by atoms with Crippen molar-refractivity contribution in [3.05, 3.63) is 58.7 Å². The first-order valence-corrected chi connectivity index (χ1v) is 17.2. The maximum atomic E-state index is 12.2. The number of nitrogens with zero attached hydrogens (tertiary/aromatic N) is 3. The summed E-state index contributed by atoms with van der Waals surface area (Å²) in [5.74, 6) is 1.42. The molecule has 4 fully saturated rings. The van der Waals surface area contributed by atoms with E-state index in [0.29, 0.717) is 31.1 Å². The van der Waals surface area contributed by atoms with Crippen LogP contribution in [0.2, 0.25) is 0 Å². The van der Waals surface area contributed by atoms with E-state index in [2.05, 4.69) is 73.9 Å². The van der Waals surface area contributed by atoms with Crippen LogP contribution in [-0.4, -0.2) is 114 Å². The number of hydrogen-bond acceptors (Lipinski definition) is 8. The zero-order valence-electron chi connectivity index (χ0n) is 28.8. The van der Waals surface area contributed by atoms with Gasteiger partial charge in [-0.2, -0.15) is 0 Å². The zero-order valence-corrected chi connectivity index (χ0v) is 28.8. The first kappa shape index (κ1) is 36.4. The number of likely N-dealkylation sites (N-methyl/N-ethyl adjacent to an activating group) is 2. The highest BCUT2D eigenvalue weighted by atomic mass is 16.5. The number of aliphatic hydroxyl groups is 2. The molecule has 4 aliphatic carbocycles. The molecule has 6 aliphatic rings. The topological polar surface area (TPSA) is 96.7 Å². The molecule has 48 heavy (non-hydrogen) atoms. The molecule has 2 aromatic carbocycles. The highest BCUT2D eigenvalue weighted by molar-refractivity contribution is 5.82. The van der Waals surface area contributed by atoms with Crippen molar-refractivity contribution in [2.45, 2.75) is 112 Å². The van der Waals surface area contributed by atoms with Gasteiger partial charge in [-0.25, -0.2) is 0 Å². The highest BCUT2D eigenvalue weighted by Gasteiger charge is 2.65. The molecule has 2 aromatic rings. The second kappa shape index (κ2) is 13.1. The van der Waals surface area contributed by atoms with E-state index in [4.69, 9.17) is 4.74 Å². The van der Waals surface area contributed by atoms with Gasteiger partial charge in [0.1, 0.15) is 17.3 Å². The number of aromatic hydroxyl groups is 1. The summed E-state index contributed by atoms with van der Waals surface area (Å²) in [5, 5.41) is 33.5. The van der Waals surface area contributed by atoms with Crippen molar-refractivity contribution in [3.8, 4) is 24.3 Å². The Morgan fingerprint density at radius 1 is 0.854 bits per heavy atom. The fraction of sp³-hybridized carbons (Fsp3) is 0.625. The minimum atomic E-state index is -0.798. The van der Waals surface area contributed by atoms with E-state index in [1.807, 2.05) is 12.1 Å². The van der Waals surface area contributed by atoms with Gasteiger partial charge in [-0.3, -0.25) is 4.79 Å². The number of phenols is 1. The summed E-state index contributed by atoms with van der Waals surface area (Å²) in [5.41, 5.74) is 2.80. The van der Waals surface area contributed by atoms with Gasteiger partial charge in [0.05, 0.1) is 18.3 Å². The lowest BCUT2D eigenvalue weighted by atomic mass is 9.49. The molecule has 0 amide bonds. The Kier molecular flexibility index (Phi) is 9.90. The molecule has 0 radical (unpaired) electrons. The quantitative estimate of drug-likeness (QED) is 0.411. The van der Waals surface area contributed by atoms with E-state index in [0.717, 1.165) is 69.3 Å². The van der Waals surface area contributed by atoms with Gasteiger partial charge in [-0.05, 0) is 139 Å². The molecule has 3 N–H and O–H groups in total. The van der Waals surface area contributed by atoms with Crippen LogP contribution in [0.5, 0.6) is 11.5 Å². The Labute approximate surface area is 288 Å². The number of fused-ring (bicyclic) bond motifs is 2. The normalized spacial score (nSPS) is 36.3. The van der Waals surface area contributed by atoms with E-state index < -0.39 is 16.6 Å². The molecule has 0 aromatic heterocycles. The van der Waals surface area contributed by atoms with Gasteiger partial charge in [0, 0.05) is 41.8 Å². The third-order valence-corrected chi connectivity index (χ3v) is 13.3. The monoisotopic (exact) mass is 659 g/mol. The lowest BCUT2D eigenvalue weighted by Gasteiger charge is -2.64. The number of rotatable bonds is 2. The Hall–Kier alpha value is -2.93. The van der Waals surface area contributed by atoms with Gasteiger partial charge in [0.15, 0.2) is 0 Å². The summed E-state index contributed by atoms with van der Waals surface area (Å²) in [4.78, 5) is 19.2. The van der Waals surface area contributed by atoms with Crippen molar-refractivity contribution in [3.63, 3.8) is 0 Å². The second-order valence-corrected chi connectivity index (χ2v) is 15.4. The number of ketones is 1. The molecule has 8 nitrogen and oxygen atoms in total. The SMILES string of the molecule is C.C#C.CN(C)[C@@H]1CC[C@@]2(O)[C@H]3Cc4ccc(O)cc4[C@@]2(CCN3C)C1.COc1ccc2c(c1)[C@]13CCN(C)[C@H](C2)[C@]1(O)CCC(=O)C3. The lowest BCUT2D eigenvalue weighted by molar-refractivity contribution is -0.169. The van der Waals surface area contributed by atoms with Crippen LogP contribution >= 0.6 is 0 Å². The van der Waals surface area contributed by atoms with Crippen molar-refractivity contribution in [2.75, 3.05) is 48.4 Å². The number of carbonyl (C=O) groups is 1. The fourth-order valence-corrected chi connectivity index (χ4v) is 10.8. The molecule has 2 heterocycles.